The Hall–Kier alpha value is -2.57. The first-order valence-corrected chi connectivity index (χ1v) is 17.0. The first-order chi connectivity index (χ1) is 14.7. The summed E-state index contributed by atoms with van der Waals surface area (Å²) in [4.78, 5) is 4.54. The van der Waals surface area contributed by atoms with Gasteiger partial charge in [0.05, 0.1) is 0 Å². The Labute approximate surface area is 189 Å². The molecule has 4 aromatic rings. The zero-order chi connectivity index (χ0) is 22.3. The predicted molar refractivity (Wildman–Crippen MR) is 145 cm³/mol. The lowest BCUT2D eigenvalue weighted by Gasteiger charge is -2.32. The molecule has 0 aliphatic rings. The molecule has 0 bridgehead atoms. The summed E-state index contributed by atoms with van der Waals surface area (Å²) in [5.74, 6) is 0. The van der Waals surface area contributed by atoms with E-state index >= 15 is 0 Å². The molecule has 0 aliphatic heterocycles. The fourth-order valence-electron chi connectivity index (χ4n) is 4.76. The van der Waals surface area contributed by atoms with Gasteiger partial charge >= 0.3 is 0 Å². The highest BCUT2D eigenvalue weighted by Gasteiger charge is 2.35. The van der Waals surface area contributed by atoms with Crippen LogP contribution in [-0.2, 0) is 0 Å². The molecule has 0 saturated heterocycles. The van der Waals surface area contributed by atoms with Gasteiger partial charge in [0.1, 0.15) is 8.31 Å². The highest BCUT2D eigenvalue weighted by Crippen LogP contribution is 2.29. The van der Waals surface area contributed by atoms with Crippen molar-refractivity contribution < 1.29 is 0 Å². The van der Waals surface area contributed by atoms with Crippen LogP contribution in [-0.4, -0.2) is 44.1 Å². The number of fused-ring (bicyclic) bond motifs is 2. The molecule has 0 aliphatic carbocycles. The molecule has 1 radical (unpaired) electrons. The fraction of sp³-hybridized carbons (Fsp3) is 0.259. The summed E-state index contributed by atoms with van der Waals surface area (Å²) in [6.07, 6.45) is 0. The van der Waals surface area contributed by atoms with Crippen LogP contribution in [0.2, 0.25) is 19.6 Å². The second-order valence-electron chi connectivity index (χ2n) is 9.78. The Kier molecular flexibility index (Phi) is 5.71. The summed E-state index contributed by atoms with van der Waals surface area (Å²) in [5.41, 5.74) is 2.64. The molecule has 0 aromatic heterocycles. The van der Waals surface area contributed by atoms with Crippen molar-refractivity contribution >= 4 is 59.2 Å². The van der Waals surface area contributed by atoms with Crippen LogP contribution in [0.1, 0.15) is 0 Å². The number of benzene rings is 4. The second-order valence-corrected chi connectivity index (χ2v) is 22.1. The molecule has 0 amide bonds. The highest BCUT2D eigenvalue weighted by atomic mass is 29.2. The summed E-state index contributed by atoms with van der Waals surface area (Å²) in [5, 5.41) is 8.69. The molecule has 2 nitrogen and oxygen atoms in total. The summed E-state index contributed by atoms with van der Waals surface area (Å²) in [6.45, 7) is 7.65. The fourth-order valence-corrected chi connectivity index (χ4v) is 14.3. The molecule has 159 valence electrons. The smallest absolute Gasteiger partial charge is 0.113 e. The van der Waals surface area contributed by atoms with E-state index in [9.17, 15) is 0 Å². The summed E-state index contributed by atoms with van der Waals surface area (Å²) in [6, 6.07) is 27.3. The zero-order valence-electron chi connectivity index (χ0n) is 19.8. The van der Waals surface area contributed by atoms with Crippen molar-refractivity contribution in [2.45, 2.75) is 19.6 Å². The number of nitrogens with zero attached hydrogens (tertiary/aromatic N) is 2. The van der Waals surface area contributed by atoms with Crippen molar-refractivity contribution in [1.29, 1.82) is 0 Å². The van der Waals surface area contributed by atoms with Gasteiger partial charge in [0.2, 0.25) is 0 Å². The molecule has 4 heteroatoms. The molecule has 0 saturated carbocycles. The summed E-state index contributed by atoms with van der Waals surface area (Å²) >= 11 is 0. The SMILES string of the molecule is CN(C)c1cccc2cccc([Si](c3cccc4cccc(N(C)C)c34)[Si](C)(C)C)c12. The van der Waals surface area contributed by atoms with Gasteiger partial charge < -0.3 is 9.80 Å². The van der Waals surface area contributed by atoms with Crippen molar-refractivity contribution in [2.24, 2.45) is 0 Å². The molecule has 0 fully saturated rings. The van der Waals surface area contributed by atoms with E-state index in [1.165, 1.54) is 32.9 Å². The monoisotopic (exact) mass is 441 g/mol. The standard InChI is InChI=1S/C27H33N2Si2/c1-28(2)22-16-8-12-20-14-10-18-24(26(20)22)30(31(5,6)7)25-19-11-15-21-13-9-17-23(27(21)25)29(3)4/h8-19H,1-7H3. The molecule has 31 heavy (non-hydrogen) atoms. The maximum Gasteiger partial charge on any atom is 0.113 e. The van der Waals surface area contributed by atoms with Crippen molar-refractivity contribution in [2.75, 3.05) is 38.0 Å². The lowest BCUT2D eigenvalue weighted by molar-refractivity contribution is 1.14. The quantitative estimate of drug-likeness (QED) is 0.395. The van der Waals surface area contributed by atoms with E-state index in [0.717, 1.165) is 0 Å². The first-order valence-electron chi connectivity index (χ1n) is 11.0. The first kappa shape index (κ1) is 21.7. The molecule has 4 rings (SSSR count). The van der Waals surface area contributed by atoms with Crippen LogP contribution in [0, 0.1) is 0 Å². The minimum Gasteiger partial charge on any atom is -0.377 e. The van der Waals surface area contributed by atoms with Crippen molar-refractivity contribution in [1.82, 2.24) is 0 Å². The van der Waals surface area contributed by atoms with Crippen molar-refractivity contribution in [3.05, 3.63) is 72.8 Å². The summed E-state index contributed by atoms with van der Waals surface area (Å²) in [7, 11) is 6.10. The van der Waals surface area contributed by atoms with E-state index in [2.05, 4.69) is 130 Å². The maximum absolute atomic E-state index is 2.55. The molecular formula is C27H33N2Si2. The molecule has 0 N–H and O–H groups in total. The molecule has 4 aromatic carbocycles. The Morgan fingerprint density at radius 3 is 1.23 bits per heavy atom. The zero-order valence-corrected chi connectivity index (χ0v) is 21.8. The molecular weight excluding hydrogens is 408 g/mol. The molecule has 0 atom stereocenters. The summed E-state index contributed by atoms with van der Waals surface area (Å²) < 4.78 is 0. The Balaban J connectivity index is 2.12. The van der Waals surface area contributed by atoms with E-state index < -0.39 is 15.9 Å². The van der Waals surface area contributed by atoms with Gasteiger partial charge in [-0.1, -0.05) is 80.3 Å². The molecule has 0 spiro atoms. The van der Waals surface area contributed by atoms with E-state index in [-0.39, 0.29) is 0 Å². The lowest BCUT2D eigenvalue weighted by atomic mass is 10.1. The topological polar surface area (TPSA) is 6.48 Å². The van der Waals surface area contributed by atoms with E-state index in [1.807, 2.05) is 0 Å². The Morgan fingerprint density at radius 2 is 0.903 bits per heavy atom. The lowest BCUT2D eigenvalue weighted by Crippen LogP contribution is -2.60. The largest absolute Gasteiger partial charge is 0.377 e. The third-order valence-electron chi connectivity index (χ3n) is 6.02. The van der Waals surface area contributed by atoms with Gasteiger partial charge in [-0.05, 0) is 33.3 Å². The normalized spacial score (nSPS) is 12.0. The van der Waals surface area contributed by atoms with Gasteiger partial charge in [0.15, 0.2) is 0 Å². The van der Waals surface area contributed by atoms with Crippen molar-refractivity contribution in [3.63, 3.8) is 0 Å². The van der Waals surface area contributed by atoms with Gasteiger partial charge in [-0.3, -0.25) is 0 Å². The van der Waals surface area contributed by atoms with Crippen LogP contribution in [0.25, 0.3) is 21.5 Å². The van der Waals surface area contributed by atoms with Gasteiger partial charge in [-0.25, -0.2) is 0 Å². The van der Waals surface area contributed by atoms with Gasteiger partial charge in [0.25, 0.3) is 0 Å². The Bertz CT molecular complexity index is 1140. The van der Waals surface area contributed by atoms with E-state index in [0.29, 0.717) is 0 Å². The van der Waals surface area contributed by atoms with Gasteiger partial charge in [-0.15, -0.1) is 0 Å². The van der Waals surface area contributed by atoms with Gasteiger partial charge in [0, 0.05) is 57.9 Å². The highest BCUT2D eigenvalue weighted by molar-refractivity contribution is 7.42. The average molecular weight is 442 g/mol. The minimum atomic E-state index is -1.55. The predicted octanol–water partition coefficient (Wildman–Crippen LogP) is 5.15. The number of hydrogen-bond acceptors (Lipinski definition) is 2. The van der Waals surface area contributed by atoms with Crippen LogP contribution in [0.5, 0.6) is 0 Å². The van der Waals surface area contributed by atoms with E-state index in [1.54, 1.807) is 10.4 Å². The van der Waals surface area contributed by atoms with Crippen LogP contribution in [0.15, 0.2) is 72.8 Å². The second kappa shape index (κ2) is 8.17. The molecule has 0 unspecified atom stereocenters. The number of rotatable bonds is 5. The van der Waals surface area contributed by atoms with Crippen LogP contribution in [0.4, 0.5) is 11.4 Å². The Morgan fingerprint density at radius 1 is 0.548 bits per heavy atom. The van der Waals surface area contributed by atoms with Crippen LogP contribution >= 0.6 is 0 Å². The third-order valence-corrected chi connectivity index (χ3v) is 15.5. The van der Waals surface area contributed by atoms with Crippen LogP contribution < -0.4 is 20.2 Å². The maximum atomic E-state index is 2.55. The van der Waals surface area contributed by atoms with Gasteiger partial charge in [-0.2, -0.15) is 0 Å². The van der Waals surface area contributed by atoms with Crippen molar-refractivity contribution in [3.8, 4) is 0 Å². The average Bonchev–Trinajstić information content (AvgIpc) is 2.72. The van der Waals surface area contributed by atoms with Crippen LogP contribution in [0.3, 0.4) is 0 Å². The van der Waals surface area contributed by atoms with E-state index in [4.69, 9.17) is 0 Å². The third kappa shape index (κ3) is 3.90. The minimum absolute atomic E-state index is 0.990. The molecule has 0 heterocycles. The number of anilines is 2. The number of hydrogen-bond donors (Lipinski definition) is 0.